The predicted molar refractivity (Wildman–Crippen MR) is 47.0 cm³/mol. The Morgan fingerprint density at radius 2 is 2.50 bits per heavy atom. The first-order valence-corrected chi connectivity index (χ1v) is 4.14. The lowest BCUT2D eigenvalue weighted by Crippen LogP contribution is -2.35. The van der Waals surface area contributed by atoms with Crippen molar-refractivity contribution in [3.05, 3.63) is 24.2 Å². The maximum absolute atomic E-state index is 10.8. The number of furan rings is 1. The fourth-order valence-electron chi connectivity index (χ4n) is 1.23. The molecule has 0 fully saturated rings. The highest BCUT2D eigenvalue weighted by Gasteiger charge is 2.43. The number of carboxylic acid groups (broad SMARTS) is 1. The third-order valence-electron chi connectivity index (χ3n) is 2.12. The second-order valence-electron chi connectivity index (χ2n) is 3.32. The Hall–Kier alpha value is -1.78. The summed E-state index contributed by atoms with van der Waals surface area (Å²) in [4.78, 5) is 15.7. The Kier molecular flexibility index (Phi) is 1.80. The van der Waals surface area contributed by atoms with Gasteiger partial charge in [-0.15, -0.1) is 0 Å². The zero-order valence-corrected chi connectivity index (χ0v) is 7.56. The number of aliphatic carboxylic acids is 1. The van der Waals surface area contributed by atoms with Crippen LogP contribution in [0.3, 0.4) is 0 Å². The standard InChI is InChI=1S/C9H9NO4/c1-9(8(11)12)5-6(10-14-9)7-3-2-4-13-7/h2-4H,5H2,1H3,(H,11,12)/t9-/m1/s1. The average molecular weight is 195 g/mol. The number of oxime groups is 1. The quantitative estimate of drug-likeness (QED) is 0.770. The molecule has 74 valence electrons. The minimum atomic E-state index is -1.26. The molecule has 5 heteroatoms. The molecule has 0 saturated heterocycles. The largest absolute Gasteiger partial charge is 0.478 e. The number of hydrogen-bond acceptors (Lipinski definition) is 4. The number of carbonyl (C=O) groups is 1. The fraction of sp³-hybridized carbons (Fsp3) is 0.333. The van der Waals surface area contributed by atoms with E-state index >= 15 is 0 Å². The first-order valence-electron chi connectivity index (χ1n) is 4.14. The highest BCUT2D eigenvalue weighted by Crippen LogP contribution is 2.26. The van der Waals surface area contributed by atoms with Gasteiger partial charge >= 0.3 is 5.97 Å². The van der Waals surface area contributed by atoms with Gasteiger partial charge in [-0.1, -0.05) is 5.16 Å². The molecule has 1 atom stereocenters. The summed E-state index contributed by atoms with van der Waals surface area (Å²) in [5.74, 6) is -0.474. The van der Waals surface area contributed by atoms with E-state index in [1.807, 2.05) is 0 Å². The van der Waals surface area contributed by atoms with E-state index in [1.54, 1.807) is 12.1 Å². The number of carboxylic acids is 1. The van der Waals surface area contributed by atoms with Crippen molar-refractivity contribution in [3.8, 4) is 0 Å². The minimum absolute atomic E-state index is 0.218. The molecular weight excluding hydrogens is 186 g/mol. The third-order valence-corrected chi connectivity index (χ3v) is 2.12. The van der Waals surface area contributed by atoms with Crippen LogP contribution in [0.5, 0.6) is 0 Å². The molecule has 0 unspecified atom stereocenters. The molecule has 0 aromatic carbocycles. The van der Waals surface area contributed by atoms with Crippen LogP contribution in [0.2, 0.25) is 0 Å². The Morgan fingerprint density at radius 3 is 3.00 bits per heavy atom. The molecule has 0 bridgehead atoms. The van der Waals surface area contributed by atoms with Crippen LogP contribution >= 0.6 is 0 Å². The van der Waals surface area contributed by atoms with Crippen molar-refractivity contribution in [2.45, 2.75) is 18.9 Å². The van der Waals surface area contributed by atoms with Crippen molar-refractivity contribution in [1.82, 2.24) is 0 Å². The van der Waals surface area contributed by atoms with E-state index in [0.717, 1.165) is 0 Å². The van der Waals surface area contributed by atoms with Gasteiger partial charge in [0, 0.05) is 0 Å². The zero-order chi connectivity index (χ0) is 10.2. The van der Waals surface area contributed by atoms with Crippen LogP contribution in [0.4, 0.5) is 0 Å². The average Bonchev–Trinajstić information content (AvgIpc) is 2.72. The van der Waals surface area contributed by atoms with E-state index in [9.17, 15) is 4.79 Å². The molecule has 2 rings (SSSR count). The lowest BCUT2D eigenvalue weighted by molar-refractivity contribution is -0.160. The van der Waals surface area contributed by atoms with E-state index in [4.69, 9.17) is 14.4 Å². The Morgan fingerprint density at radius 1 is 1.71 bits per heavy atom. The zero-order valence-electron chi connectivity index (χ0n) is 7.56. The fourth-order valence-corrected chi connectivity index (χ4v) is 1.23. The van der Waals surface area contributed by atoms with Gasteiger partial charge in [0.05, 0.1) is 12.7 Å². The lowest BCUT2D eigenvalue weighted by atomic mass is 9.99. The van der Waals surface area contributed by atoms with Gasteiger partial charge in [0.1, 0.15) is 5.71 Å². The van der Waals surface area contributed by atoms with Crippen LogP contribution in [-0.2, 0) is 9.63 Å². The minimum Gasteiger partial charge on any atom is -0.478 e. The van der Waals surface area contributed by atoms with E-state index in [-0.39, 0.29) is 6.42 Å². The van der Waals surface area contributed by atoms with Crippen molar-refractivity contribution < 1.29 is 19.2 Å². The van der Waals surface area contributed by atoms with Crippen molar-refractivity contribution in [2.75, 3.05) is 0 Å². The van der Waals surface area contributed by atoms with Crippen molar-refractivity contribution in [2.24, 2.45) is 5.16 Å². The third kappa shape index (κ3) is 1.26. The molecule has 1 N–H and O–H groups in total. The predicted octanol–water partition coefficient (Wildman–Crippen LogP) is 1.25. The van der Waals surface area contributed by atoms with Crippen LogP contribution < -0.4 is 0 Å². The molecule has 1 aliphatic rings. The van der Waals surface area contributed by atoms with Crippen molar-refractivity contribution >= 4 is 11.7 Å². The van der Waals surface area contributed by atoms with Gasteiger partial charge in [0.15, 0.2) is 5.76 Å². The molecule has 1 aromatic heterocycles. The highest BCUT2D eigenvalue weighted by atomic mass is 16.7. The van der Waals surface area contributed by atoms with Crippen molar-refractivity contribution in [1.29, 1.82) is 0 Å². The van der Waals surface area contributed by atoms with E-state index in [0.29, 0.717) is 11.5 Å². The molecule has 0 spiro atoms. The highest BCUT2D eigenvalue weighted by molar-refractivity contribution is 6.02. The van der Waals surface area contributed by atoms with Gasteiger partial charge in [-0.25, -0.2) is 4.79 Å². The van der Waals surface area contributed by atoms with Gasteiger partial charge < -0.3 is 14.4 Å². The maximum Gasteiger partial charge on any atom is 0.351 e. The molecule has 0 radical (unpaired) electrons. The Bertz CT molecular complexity index is 382. The van der Waals surface area contributed by atoms with E-state index < -0.39 is 11.6 Å². The van der Waals surface area contributed by atoms with Gasteiger partial charge in [0.25, 0.3) is 0 Å². The Balaban J connectivity index is 2.19. The molecular formula is C9H9NO4. The smallest absolute Gasteiger partial charge is 0.351 e. The summed E-state index contributed by atoms with van der Waals surface area (Å²) in [6, 6.07) is 3.43. The van der Waals surface area contributed by atoms with Gasteiger partial charge in [-0.3, -0.25) is 0 Å². The summed E-state index contributed by atoms with van der Waals surface area (Å²) in [6.45, 7) is 1.48. The topological polar surface area (TPSA) is 72.0 Å². The summed E-state index contributed by atoms with van der Waals surface area (Å²) in [6.07, 6.45) is 1.73. The van der Waals surface area contributed by atoms with E-state index in [2.05, 4.69) is 5.16 Å². The van der Waals surface area contributed by atoms with Gasteiger partial charge in [0.2, 0.25) is 5.60 Å². The van der Waals surface area contributed by atoms with Crippen LogP contribution in [0.1, 0.15) is 19.1 Å². The first-order chi connectivity index (χ1) is 6.62. The van der Waals surface area contributed by atoms with Crippen LogP contribution in [0.25, 0.3) is 0 Å². The molecule has 1 aliphatic heterocycles. The van der Waals surface area contributed by atoms with Crippen molar-refractivity contribution in [3.63, 3.8) is 0 Å². The molecule has 0 amide bonds. The normalized spacial score (nSPS) is 25.6. The van der Waals surface area contributed by atoms with Crippen LogP contribution in [0, 0.1) is 0 Å². The molecule has 0 saturated carbocycles. The SMILES string of the molecule is C[C@]1(C(=O)O)CC(c2ccco2)=NO1. The summed E-state index contributed by atoms with van der Waals surface area (Å²) >= 11 is 0. The maximum atomic E-state index is 10.8. The molecule has 14 heavy (non-hydrogen) atoms. The first kappa shape index (κ1) is 8.80. The summed E-state index contributed by atoms with van der Waals surface area (Å²) in [5.41, 5.74) is -0.734. The van der Waals surface area contributed by atoms with E-state index in [1.165, 1.54) is 13.2 Å². The van der Waals surface area contributed by atoms with Gasteiger partial charge in [-0.05, 0) is 19.1 Å². The summed E-state index contributed by atoms with van der Waals surface area (Å²) < 4.78 is 5.09. The number of rotatable bonds is 2. The molecule has 0 aliphatic carbocycles. The summed E-state index contributed by atoms with van der Waals surface area (Å²) in [7, 11) is 0. The summed E-state index contributed by atoms with van der Waals surface area (Å²) in [5, 5.41) is 12.6. The van der Waals surface area contributed by atoms with Crippen LogP contribution in [-0.4, -0.2) is 22.4 Å². The second-order valence-corrected chi connectivity index (χ2v) is 3.32. The molecule has 1 aromatic rings. The van der Waals surface area contributed by atoms with Crippen LogP contribution in [0.15, 0.2) is 28.0 Å². The Labute approximate surface area is 80.0 Å². The molecule has 2 heterocycles. The monoisotopic (exact) mass is 195 g/mol. The number of hydrogen-bond donors (Lipinski definition) is 1. The second kappa shape index (κ2) is 2.87. The number of nitrogens with zero attached hydrogens (tertiary/aromatic N) is 1. The van der Waals surface area contributed by atoms with Gasteiger partial charge in [-0.2, -0.15) is 0 Å². The lowest BCUT2D eigenvalue weighted by Gasteiger charge is -2.14. The molecule has 5 nitrogen and oxygen atoms in total.